The molecule has 0 unspecified atom stereocenters. The van der Waals surface area contributed by atoms with Crippen LogP contribution in [0.5, 0.6) is 0 Å². The lowest BCUT2D eigenvalue weighted by atomic mass is 9.91. The minimum atomic E-state index is 0.874. The van der Waals surface area contributed by atoms with E-state index in [2.05, 4.69) is 47.1 Å². The number of hydrogen-bond acceptors (Lipinski definition) is 2. The van der Waals surface area contributed by atoms with Crippen LogP contribution in [0.15, 0.2) is 41.8 Å². The number of thiophene rings is 1. The molecule has 2 aromatic rings. The Kier molecular flexibility index (Phi) is 3.77. The maximum Gasteiger partial charge on any atom is 0.0342 e. The van der Waals surface area contributed by atoms with Gasteiger partial charge in [0, 0.05) is 4.88 Å². The van der Waals surface area contributed by atoms with Crippen molar-refractivity contribution >= 4 is 11.3 Å². The molecule has 0 aliphatic carbocycles. The van der Waals surface area contributed by atoms with Crippen LogP contribution in [0.1, 0.15) is 18.4 Å². The Balaban J connectivity index is 1.67. The highest BCUT2D eigenvalue weighted by Gasteiger charge is 2.13. The Labute approximate surface area is 113 Å². The maximum absolute atomic E-state index is 3.43. The molecule has 0 amide bonds. The first-order chi connectivity index (χ1) is 8.92. The largest absolute Gasteiger partial charge is 0.317 e. The van der Waals surface area contributed by atoms with Crippen LogP contribution < -0.4 is 5.32 Å². The molecule has 3 rings (SSSR count). The Hall–Kier alpha value is -1.12. The number of benzene rings is 1. The highest BCUT2D eigenvalue weighted by Crippen LogP contribution is 2.26. The summed E-state index contributed by atoms with van der Waals surface area (Å²) in [5, 5.41) is 5.57. The summed E-state index contributed by atoms with van der Waals surface area (Å²) in [6, 6.07) is 13.4. The lowest BCUT2D eigenvalue weighted by Crippen LogP contribution is -2.28. The normalized spacial score (nSPS) is 16.9. The fraction of sp³-hybridized carbons (Fsp3) is 0.375. The standard InChI is InChI=1S/C16H19NS/c1-2-16(18-11-1)15-5-3-13(4-6-15)12-14-7-9-17-10-8-14/h1-6,11,14,17H,7-10,12H2. The first-order valence-corrected chi connectivity index (χ1v) is 7.63. The van der Waals surface area contributed by atoms with Gasteiger partial charge in [0.2, 0.25) is 0 Å². The van der Waals surface area contributed by atoms with E-state index >= 15 is 0 Å². The molecule has 1 aromatic heterocycles. The van der Waals surface area contributed by atoms with Gasteiger partial charge < -0.3 is 5.32 Å². The van der Waals surface area contributed by atoms with E-state index in [9.17, 15) is 0 Å². The minimum Gasteiger partial charge on any atom is -0.317 e. The van der Waals surface area contributed by atoms with Crippen molar-refractivity contribution in [1.29, 1.82) is 0 Å². The maximum atomic E-state index is 3.43. The number of hydrogen-bond donors (Lipinski definition) is 1. The van der Waals surface area contributed by atoms with Gasteiger partial charge in [-0.15, -0.1) is 11.3 Å². The van der Waals surface area contributed by atoms with Crippen molar-refractivity contribution in [3.05, 3.63) is 47.3 Å². The summed E-state index contributed by atoms with van der Waals surface area (Å²) in [4.78, 5) is 1.36. The minimum absolute atomic E-state index is 0.874. The van der Waals surface area contributed by atoms with E-state index in [4.69, 9.17) is 0 Å². The van der Waals surface area contributed by atoms with Crippen molar-refractivity contribution in [3.8, 4) is 10.4 Å². The Morgan fingerprint density at radius 1 is 1.06 bits per heavy atom. The molecule has 1 aromatic carbocycles. The van der Waals surface area contributed by atoms with E-state index in [1.165, 1.54) is 48.4 Å². The second-order valence-electron chi connectivity index (χ2n) is 5.07. The van der Waals surface area contributed by atoms with Gasteiger partial charge in [-0.25, -0.2) is 0 Å². The van der Waals surface area contributed by atoms with Crippen LogP contribution in [0.25, 0.3) is 10.4 Å². The molecule has 2 heteroatoms. The van der Waals surface area contributed by atoms with Gasteiger partial charge in [-0.3, -0.25) is 0 Å². The molecule has 1 saturated heterocycles. The van der Waals surface area contributed by atoms with Crippen molar-refractivity contribution < 1.29 is 0 Å². The molecule has 0 atom stereocenters. The van der Waals surface area contributed by atoms with Crippen LogP contribution in [-0.2, 0) is 6.42 Å². The molecule has 1 aliphatic heterocycles. The van der Waals surface area contributed by atoms with E-state index in [0.29, 0.717) is 0 Å². The van der Waals surface area contributed by atoms with Gasteiger partial charge in [0.1, 0.15) is 0 Å². The zero-order valence-electron chi connectivity index (χ0n) is 10.6. The molecule has 1 nitrogen and oxygen atoms in total. The number of rotatable bonds is 3. The molecule has 18 heavy (non-hydrogen) atoms. The van der Waals surface area contributed by atoms with Crippen LogP contribution in [0.3, 0.4) is 0 Å². The highest BCUT2D eigenvalue weighted by molar-refractivity contribution is 7.13. The summed E-state index contributed by atoms with van der Waals surface area (Å²) < 4.78 is 0. The van der Waals surface area contributed by atoms with Crippen molar-refractivity contribution in [2.45, 2.75) is 19.3 Å². The summed E-state index contributed by atoms with van der Waals surface area (Å²) in [6.45, 7) is 2.38. The van der Waals surface area contributed by atoms with Gasteiger partial charge >= 0.3 is 0 Å². The monoisotopic (exact) mass is 257 g/mol. The smallest absolute Gasteiger partial charge is 0.0342 e. The summed E-state index contributed by atoms with van der Waals surface area (Å²) in [7, 11) is 0. The first kappa shape index (κ1) is 11.9. The van der Waals surface area contributed by atoms with Gasteiger partial charge in [-0.1, -0.05) is 30.3 Å². The van der Waals surface area contributed by atoms with E-state index in [1.807, 2.05) is 11.3 Å². The van der Waals surface area contributed by atoms with Crippen molar-refractivity contribution in [1.82, 2.24) is 5.32 Å². The molecule has 0 radical (unpaired) electrons. The fourth-order valence-corrected chi connectivity index (χ4v) is 3.40. The van der Waals surface area contributed by atoms with Crippen molar-refractivity contribution in [2.24, 2.45) is 5.92 Å². The quantitative estimate of drug-likeness (QED) is 0.877. The van der Waals surface area contributed by atoms with E-state index < -0.39 is 0 Å². The molecule has 1 fully saturated rings. The van der Waals surface area contributed by atoms with Crippen LogP contribution in [0, 0.1) is 5.92 Å². The van der Waals surface area contributed by atoms with Gasteiger partial charge in [0.15, 0.2) is 0 Å². The first-order valence-electron chi connectivity index (χ1n) is 6.75. The van der Waals surface area contributed by atoms with Crippen LogP contribution >= 0.6 is 11.3 Å². The lowest BCUT2D eigenvalue weighted by Gasteiger charge is -2.22. The molecule has 1 aliphatic rings. The van der Waals surface area contributed by atoms with Crippen molar-refractivity contribution in [2.75, 3.05) is 13.1 Å². The third-order valence-electron chi connectivity index (χ3n) is 3.74. The van der Waals surface area contributed by atoms with Gasteiger partial charge in [0.05, 0.1) is 0 Å². The Morgan fingerprint density at radius 2 is 1.83 bits per heavy atom. The van der Waals surface area contributed by atoms with E-state index in [-0.39, 0.29) is 0 Å². The zero-order valence-corrected chi connectivity index (χ0v) is 11.4. The molecular weight excluding hydrogens is 238 g/mol. The van der Waals surface area contributed by atoms with Gasteiger partial charge in [-0.05, 0) is 60.8 Å². The fourth-order valence-electron chi connectivity index (χ4n) is 2.67. The molecule has 0 spiro atoms. The summed E-state index contributed by atoms with van der Waals surface area (Å²) >= 11 is 1.81. The molecule has 1 N–H and O–H groups in total. The van der Waals surface area contributed by atoms with Gasteiger partial charge in [-0.2, -0.15) is 0 Å². The third kappa shape index (κ3) is 2.82. The number of piperidine rings is 1. The summed E-state index contributed by atoms with van der Waals surface area (Å²) in [5.74, 6) is 0.874. The lowest BCUT2D eigenvalue weighted by molar-refractivity contribution is 0.372. The summed E-state index contributed by atoms with van der Waals surface area (Å²) in [6.07, 6.45) is 3.89. The predicted octanol–water partition coefficient (Wildman–Crippen LogP) is 3.96. The Bertz CT molecular complexity index is 466. The molecular formula is C16H19NS. The van der Waals surface area contributed by atoms with Gasteiger partial charge in [0.25, 0.3) is 0 Å². The molecule has 0 saturated carbocycles. The highest BCUT2D eigenvalue weighted by atomic mass is 32.1. The zero-order chi connectivity index (χ0) is 12.2. The van der Waals surface area contributed by atoms with E-state index in [1.54, 1.807) is 0 Å². The van der Waals surface area contributed by atoms with Crippen LogP contribution in [0.4, 0.5) is 0 Å². The van der Waals surface area contributed by atoms with Crippen LogP contribution in [0.2, 0.25) is 0 Å². The van der Waals surface area contributed by atoms with Crippen molar-refractivity contribution in [3.63, 3.8) is 0 Å². The topological polar surface area (TPSA) is 12.0 Å². The summed E-state index contributed by atoms with van der Waals surface area (Å²) in [5.41, 5.74) is 2.83. The number of nitrogens with one attached hydrogen (secondary N) is 1. The molecule has 0 bridgehead atoms. The molecule has 2 heterocycles. The SMILES string of the molecule is c1csc(-c2ccc(CC3CCNCC3)cc2)c1. The Morgan fingerprint density at radius 3 is 2.50 bits per heavy atom. The predicted molar refractivity (Wildman–Crippen MR) is 79.1 cm³/mol. The van der Waals surface area contributed by atoms with Crippen LogP contribution in [-0.4, -0.2) is 13.1 Å². The second-order valence-corrected chi connectivity index (χ2v) is 6.02. The van der Waals surface area contributed by atoms with E-state index in [0.717, 1.165) is 5.92 Å². The molecule has 94 valence electrons. The average Bonchev–Trinajstić information content (AvgIpc) is 2.95. The second kappa shape index (κ2) is 5.68. The third-order valence-corrected chi connectivity index (χ3v) is 4.66. The average molecular weight is 257 g/mol.